The Bertz CT molecular complexity index is 2390. The first-order chi connectivity index (χ1) is 30.8. The zero-order chi connectivity index (χ0) is 46.7. The van der Waals surface area contributed by atoms with Crippen molar-refractivity contribution in [1.82, 2.24) is 29.9 Å². The summed E-state index contributed by atoms with van der Waals surface area (Å²) in [5.74, 6) is -8.52. The summed E-state index contributed by atoms with van der Waals surface area (Å²) in [6.07, 6.45) is 8.13. The molecule has 0 atom stereocenters. The number of aromatic nitrogens is 6. The van der Waals surface area contributed by atoms with E-state index in [1.165, 1.54) is 61.4 Å². The Hall–Kier alpha value is -8.41. The van der Waals surface area contributed by atoms with E-state index in [0.29, 0.717) is 11.1 Å². The number of aromatic carboxylic acids is 4. The average molecular weight is 1060 g/mol. The molecule has 333 valence electrons. The molecule has 6 heterocycles. The predicted octanol–water partition coefficient (Wildman–Crippen LogP) is 3.83. The molecule has 0 aliphatic heterocycles. The molecule has 0 N–H and O–H groups in total. The molecule has 2 aromatic carbocycles. The number of halogens is 4. The van der Waals surface area contributed by atoms with E-state index in [-0.39, 0.29) is 54.3 Å². The second kappa shape index (κ2) is 29.0. The van der Waals surface area contributed by atoms with Gasteiger partial charge in [0.2, 0.25) is 0 Å². The van der Waals surface area contributed by atoms with Crippen LogP contribution in [0.4, 0.5) is 17.6 Å². The summed E-state index contributed by atoms with van der Waals surface area (Å²) in [5.41, 5.74) is 1.12. The zero-order valence-corrected chi connectivity index (χ0v) is 35.5. The van der Waals surface area contributed by atoms with E-state index >= 15 is 0 Å². The fourth-order valence-corrected chi connectivity index (χ4v) is 4.37. The summed E-state index contributed by atoms with van der Waals surface area (Å²) >= 11 is 0. The third kappa shape index (κ3) is 19.0. The van der Waals surface area contributed by atoms with Crippen LogP contribution in [0.15, 0.2) is 183 Å². The smallest absolute Gasteiger partial charge is 0.185 e. The number of pyridine rings is 6. The van der Waals surface area contributed by atoms with Crippen molar-refractivity contribution in [2.75, 3.05) is 0 Å². The van der Waals surface area contributed by atoms with Crippen molar-refractivity contribution in [3.8, 4) is 22.5 Å². The molecular formula is C46H30F4IrN6O8-4. The Kier molecular flexibility index (Phi) is 23.5. The number of benzene rings is 2. The minimum Gasteiger partial charge on any atom is -0.543 e. The number of carbonyl (C=O) groups excluding carboxylic acids is 4. The maximum absolute atomic E-state index is 13.2. The van der Waals surface area contributed by atoms with E-state index < -0.39 is 47.1 Å². The first-order valence-electron chi connectivity index (χ1n) is 18.0. The number of hydrogen-bond donors (Lipinski definition) is 0. The quantitative estimate of drug-likeness (QED) is 0.215. The number of carboxylic acid groups (broad SMARTS) is 4. The van der Waals surface area contributed by atoms with Gasteiger partial charge in [0.1, 0.15) is 11.4 Å². The normalized spacial score (nSPS) is 9.29. The van der Waals surface area contributed by atoms with Crippen molar-refractivity contribution in [3.05, 3.63) is 229 Å². The minimum atomic E-state index is -1.24. The van der Waals surface area contributed by atoms with Gasteiger partial charge in [0.05, 0.1) is 46.7 Å². The third-order valence-electron chi connectivity index (χ3n) is 7.27. The van der Waals surface area contributed by atoms with Crippen molar-refractivity contribution in [2.45, 2.75) is 0 Å². The Labute approximate surface area is 381 Å². The van der Waals surface area contributed by atoms with Crippen molar-refractivity contribution in [3.63, 3.8) is 0 Å². The van der Waals surface area contributed by atoms with E-state index in [0.717, 1.165) is 12.1 Å². The van der Waals surface area contributed by atoms with Gasteiger partial charge in [-0.1, -0.05) is 84.9 Å². The first-order valence-corrected chi connectivity index (χ1v) is 18.0. The molecule has 19 heteroatoms. The summed E-state index contributed by atoms with van der Waals surface area (Å²) in [6, 6.07) is 37.9. The largest absolute Gasteiger partial charge is 0.543 e. The van der Waals surface area contributed by atoms with Crippen LogP contribution in [0.1, 0.15) is 42.0 Å². The molecule has 0 fully saturated rings. The standard InChI is InChI=1S/2C11H7F2N.4C6H5NO2.Ir/c2*12-9-6-7-14-11(10(9)13)8-4-2-1-3-5-8;4*8-6(9)5-3-1-2-4-7-5;/h2*1-7H;4*1-4H,(H,8,9);/p-4. The second-order valence-electron chi connectivity index (χ2n) is 11.7. The Morgan fingerprint density at radius 1 is 0.323 bits per heavy atom. The monoisotopic (exact) mass is 1060 g/mol. The van der Waals surface area contributed by atoms with Crippen molar-refractivity contribution < 1.29 is 77.3 Å². The fraction of sp³-hybridized carbons (Fsp3) is 0. The van der Waals surface area contributed by atoms with Crippen LogP contribution in [-0.2, 0) is 20.1 Å². The predicted molar refractivity (Wildman–Crippen MR) is 213 cm³/mol. The van der Waals surface area contributed by atoms with Gasteiger partial charge in [0.25, 0.3) is 0 Å². The Morgan fingerprint density at radius 3 is 0.769 bits per heavy atom. The number of rotatable bonds is 6. The van der Waals surface area contributed by atoms with Gasteiger partial charge < -0.3 is 39.6 Å². The zero-order valence-electron chi connectivity index (χ0n) is 33.1. The molecule has 0 aliphatic rings. The summed E-state index contributed by atoms with van der Waals surface area (Å²) in [7, 11) is 0. The van der Waals surface area contributed by atoms with Crippen molar-refractivity contribution in [1.29, 1.82) is 0 Å². The maximum atomic E-state index is 13.2. The molecule has 8 aromatic rings. The molecule has 65 heavy (non-hydrogen) atoms. The number of hydrogen-bond acceptors (Lipinski definition) is 14. The number of nitrogens with zero attached hydrogens (tertiary/aromatic N) is 6. The molecule has 0 unspecified atom stereocenters. The van der Waals surface area contributed by atoms with Crippen LogP contribution < -0.4 is 20.4 Å². The molecule has 0 aliphatic carbocycles. The second-order valence-corrected chi connectivity index (χ2v) is 11.7. The van der Waals surface area contributed by atoms with Crippen LogP contribution in [0, 0.1) is 23.3 Å². The van der Waals surface area contributed by atoms with Crippen LogP contribution in [0.25, 0.3) is 22.5 Å². The van der Waals surface area contributed by atoms with E-state index in [1.54, 1.807) is 109 Å². The molecule has 6 aromatic heterocycles. The van der Waals surface area contributed by atoms with Gasteiger partial charge in [0, 0.05) is 68.4 Å². The fourth-order valence-electron chi connectivity index (χ4n) is 4.37. The summed E-state index contributed by atoms with van der Waals surface area (Å²) in [6.45, 7) is 0. The number of carboxylic acids is 4. The molecule has 0 amide bonds. The van der Waals surface area contributed by atoms with Crippen LogP contribution >= 0.6 is 0 Å². The summed E-state index contributed by atoms with van der Waals surface area (Å²) in [5, 5.41) is 40.1. The molecule has 0 saturated heterocycles. The molecule has 1 radical (unpaired) electrons. The van der Waals surface area contributed by atoms with Gasteiger partial charge in [0.15, 0.2) is 23.3 Å². The molecular weight excluding hydrogens is 1030 g/mol. The maximum Gasteiger partial charge on any atom is 0.185 e. The molecule has 8 rings (SSSR count). The molecule has 14 nitrogen and oxygen atoms in total. The van der Waals surface area contributed by atoms with Crippen molar-refractivity contribution in [2.24, 2.45) is 0 Å². The number of carbonyl (C=O) groups is 4. The van der Waals surface area contributed by atoms with Crippen LogP contribution in [-0.4, -0.2) is 53.8 Å². The molecule has 0 bridgehead atoms. The average Bonchev–Trinajstić information content (AvgIpc) is 3.33. The molecule has 0 spiro atoms. The van der Waals surface area contributed by atoms with E-state index in [4.69, 9.17) is 0 Å². The van der Waals surface area contributed by atoms with Gasteiger partial charge in [-0.2, -0.15) is 0 Å². The van der Waals surface area contributed by atoms with E-state index in [2.05, 4.69) is 29.9 Å². The van der Waals surface area contributed by atoms with Crippen LogP contribution in [0.5, 0.6) is 0 Å². The topological polar surface area (TPSA) is 238 Å². The van der Waals surface area contributed by atoms with E-state index in [9.17, 15) is 57.2 Å². The van der Waals surface area contributed by atoms with Crippen LogP contribution in [0.2, 0.25) is 0 Å². The molecule has 0 saturated carbocycles. The first kappa shape index (κ1) is 52.7. The van der Waals surface area contributed by atoms with E-state index in [1.807, 2.05) is 0 Å². The summed E-state index contributed by atoms with van der Waals surface area (Å²) < 4.78 is 52.2. The van der Waals surface area contributed by atoms with Gasteiger partial charge in [-0.15, -0.1) is 0 Å². The third-order valence-corrected chi connectivity index (χ3v) is 7.27. The SMILES string of the molecule is Fc1ccnc(-c2ccccc2)c1F.Fc1ccnc(-c2ccccc2)c1F.O=C([O-])c1ccccn1.O=C([O-])c1ccccn1.O=C([O-])c1ccccn1.O=C([O-])c1ccccn1.[Ir]. The Balaban J connectivity index is 0.000000271. The van der Waals surface area contributed by atoms with Crippen molar-refractivity contribution >= 4 is 23.9 Å². The summed E-state index contributed by atoms with van der Waals surface area (Å²) in [4.78, 5) is 61.8. The minimum absolute atomic E-state index is 0. The van der Waals surface area contributed by atoms with Gasteiger partial charge >= 0.3 is 0 Å². The van der Waals surface area contributed by atoms with Gasteiger partial charge in [-0.3, -0.25) is 29.9 Å². The van der Waals surface area contributed by atoms with Crippen LogP contribution in [0.3, 0.4) is 0 Å². The van der Waals surface area contributed by atoms with Gasteiger partial charge in [-0.25, -0.2) is 17.6 Å². The Morgan fingerprint density at radius 2 is 0.569 bits per heavy atom. The van der Waals surface area contributed by atoms with Gasteiger partial charge in [-0.05, 0) is 60.7 Å².